The summed E-state index contributed by atoms with van der Waals surface area (Å²) in [5.41, 5.74) is -0.00137. The van der Waals surface area contributed by atoms with Gasteiger partial charge in [0.1, 0.15) is 6.07 Å². The maximum Gasteiger partial charge on any atom is 0.338 e. The number of carboxylic acid groups (broad SMARTS) is 1. The summed E-state index contributed by atoms with van der Waals surface area (Å²) in [5, 5.41) is 17.8. The van der Waals surface area contributed by atoms with E-state index < -0.39 is 5.97 Å². The Balaban J connectivity index is 3.53. The van der Waals surface area contributed by atoms with Crippen LogP contribution in [0.3, 0.4) is 0 Å². The molecule has 0 bridgehead atoms. The third-order valence-corrected chi connectivity index (χ3v) is 2.76. The van der Waals surface area contributed by atoms with E-state index in [9.17, 15) is 4.79 Å². The minimum Gasteiger partial charge on any atom is -0.478 e. The maximum absolute atomic E-state index is 10.8. The molecule has 0 atom stereocenters. The summed E-state index contributed by atoms with van der Waals surface area (Å²) in [5.74, 6) is -1.18. The van der Waals surface area contributed by atoms with Crippen LogP contribution in [-0.4, -0.2) is 17.3 Å². The van der Waals surface area contributed by atoms with Crippen molar-refractivity contribution in [3.05, 3.63) is 28.3 Å². The van der Waals surface area contributed by atoms with Gasteiger partial charge >= 0.3 is 5.97 Å². The van der Waals surface area contributed by atoms with Gasteiger partial charge in [-0.25, -0.2) is 4.79 Å². The van der Waals surface area contributed by atoms with E-state index in [2.05, 4.69) is 0 Å². The summed E-state index contributed by atoms with van der Waals surface area (Å²) >= 11 is 7.01. The smallest absolute Gasteiger partial charge is 0.338 e. The first-order chi connectivity index (χ1) is 6.61. The fraction of sp³-hybridized carbons (Fsp3) is 0.111. The highest BCUT2D eigenvalue weighted by atomic mass is 35.5. The van der Waals surface area contributed by atoms with E-state index in [1.807, 2.05) is 6.07 Å². The molecule has 0 fully saturated rings. The van der Waals surface area contributed by atoms with Crippen molar-refractivity contribution in [2.45, 2.75) is 4.90 Å². The highest BCUT2D eigenvalue weighted by molar-refractivity contribution is 7.98. The van der Waals surface area contributed by atoms with Gasteiger partial charge < -0.3 is 5.11 Å². The second-order valence-electron chi connectivity index (χ2n) is 2.42. The van der Waals surface area contributed by atoms with Gasteiger partial charge in [0.05, 0.1) is 16.1 Å². The van der Waals surface area contributed by atoms with Gasteiger partial charge in [0, 0.05) is 4.90 Å². The van der Waals surface area contributed by atoms with Crippen molar-refractivity contribution < 1.29 is 9.90 Å². The Morgan fingerprint density at radius 2 is 2.29 bits per heavy atom. The molecule has 0 aromatic heterocycles. The SMILES string of the molecule is CSc1ccc(Cl)c(C(=O)O)c1C#N. The summed E-state index contributed by atoms with van der Waals surface area (Å²) in [4.78, 5) is 11.4. The van der Waals surface area contributed by atoms with Crippen LogP contribution in [0.5, 0.6) is 0 Å². The first-order valence-electron chi connectivity index (χ1n) is 3.61. The number of nitriles is 1. The second kappa shape index (κ2) is 4.36. The maximum atomic E-state index is 10.8. The van der Waals surface area contributed by atoms with Crippen molar-refractivity contribution in [3.8, 4) is 6.07 Å². The largest absolute Gasteiger partial charge is 0.478 e. The molecule has 0 heterocycles. The van der Waals surface area contributed by atoms with Crippen LogP contribution in [0.15, 0.2) is 17.0 Å². The third kappa shape index (κ3) is 1.84. The Kier molecular flexibility index (Phi) is 3.39. The van der Waals surface area contributed by atoms with Crippen LogP contribution in [0.25, 0.3) is 0 Å². The molecule has 3 nitrogen and oxygen atoms in total. The molecule has 72 valence electrons. The van der Waals surface area contributed by atoms with E-state index in [0.29, 0.717) is 4.90 Å². The normalized spacial score (nSPS) is 9.50. The summed E-state index contributed by atoms with van der Waals surface area (Å²) < 4.78 is 0. The number of hydrogen-bond acceptors (Lipinski definition) is 3. The average molecular weight is 228 g/mol. The summed E-state index contributed by atoms with van der Waals surface area (Å²) in [6, 6.07) is 4.97. The zero-order valence-corrected chi connectivity index (χ0v) is 8.82. The van der Waals surface area contributed by atoms with E-state index in [-0.39, 0.29) is 16.1 Å². The van der Waals surface area contributed by atoms with Crippen LogP contribution in [0.4, 0.5) is 0 Å². The summed E-state index contributed by atoms with van der Waals surface area (Å²) in [6.45, 7) is 0. The lowest BCUT2D eigenvalue weighted by molar-refractivity contribution is 0.0696. The number of nitrogens with zero attached hydrogens (tertiary/aromatic N) is 1. The lowest BCUT2D eigenvalue weighted by Gasteiger charge is -2.05. The Morgan fingerprint density at radius 1 is 1.64 bits per heavy atom. The number of carboxylic acids is 1. The molecule has 1 aromatic rings. The zero-order chi connectivity index (χ0) is 10.7. The first-order valence-corrected chi connectivity index (χ1v) is 5.22. The molecule has 14 heavy (non-hydrogen) atoms. The molecule has 1 aromatic carbocycles. The molecule has 1 rings (SSSR count). The number of aromatic carboxylic acids is 1. The number of halogens is 1. The minimum absolute atomic E-state index is 0.0897. The van der Waals surface area contributed by atoms with Crippen LogP contribution >= 0.6 is 23.4 Å². The molecule has 0 aliphatic heterocycles. The van der Waals surface area contributed by atoms with Gasteiger partial charge in [-0.2, -0.15) is 5.26 Å². The van der Waals surface area contributed by atoms with Crippen molar-refractivity contribution >= 4 is 29.3 Å². The Bertz CT molecular complexity index is 426. The molecule has 0 unspecified atom stereocenters. The molecular formula is C9H6ClNO2S. The fourth-order valence-corrected chi connectivity index (χ4v) is 1.84. The van der Waals surface area contributed by atoms with Crippen LogP contribution in [0, 0.1) is 11.3 Å². The van der Waals surface area contributed by atoms with Gasteiger partial charge in [-0.1, -0.05) is 11.6 Å². The van der Waals surface area contributed by atoms with Crippen LogP contribution < -0.4 is 0 Å². The van der Waals surface area contributed by atoms with Gasteiger partial charge in [-0.3, -0.25) is 0 Å². The molecule has 0 saturated carbocycles. The van der Waals surface area contributed by atoms with Gasteiger partial charge in [-0.15, -0.1) is 11.8 Å². The monoisotopic (exact) mass is 227 g/mol. The highest BCUT2D eigenvalue weighted by Crippen LogP contribution is 2.28. The predicted molar refractivity (Wildman–Crippen MR) is 54.9 cm³/mol. The van der Waals surface area contributed by atoms with Crippen LogP contribution in [0.2, 0.25) is 5.02 Å². The van der Waals surface area contributed by atoms with E-state index in [1.165, 1.54) is 17.8 Å². The second-order valence-corrected chi connectivity index (χ2v) is 3.67. The third-order valence-electron chi connectivity index (χ3n) is 1.66. The van der Waals surface area contributed by atoms with Crippen molar-refractivity contribution in [2.24, 2.45) is 0 Å². The summed E-state index contributed by atoms with van der Waals surface area (Å²) in [6.07, 6.45) is 1.77. The highest BCUT2D eigenvalue weighted by Gasteiger charge is 2.17. The molecule has 0 aliphatic carbocycles. The molecule has 0 saturated heterocycles. The van der Waals surface area contributed by atoms with Crippen molar-refractivity contribution in [1.82, 2.24) is 0 Å². The standard InChI is InChI=1S/C9H6ClNO2S/c1-14-7-3-2-6(10)8(9(12)13)5(7)4-11/h2-3H,1H3,(H,12,13). The molecule has 0 radical (unpaired) electrons. The molecule has 0 spiro atoms. The van der Waals surface area contributed by atoms with Crippen LogP contribution in [-0.2, 0) is 0 Å². The van der Waals surface area contributed by atoms with Crippen LogP contribution in [0.1, 0.15) is 15.9 Å². The average Bonchev–Trinajstić information content (AvgIpc) is 2.16. The van der Waals surface area contributed by atoms with E-state index in [1.54, 1.807) is 12.3 Å². The molecular weight excluding hydrogens is 222 g/mol. The van der Waals surface area contributed by atoms with Crippen molar-refractivity contribution in [2.75, 3.05) is 6.26 Å². The quantitative estimate of drug-likeness (QED) is 0.789. The number of hydrogen-bond donors (Lipinski definition) is 1. The van der Waals surface area contributed by atoms with Gasteiger partial charge in [0.25, 0.3) is 0 Å². The Morgan fingerprint density at radius 3 is 2.71 bits per heavy atom. The number of carbonyl (C=O) groups is 1. The lowest BCUT2D eigenvalue weighted by atomic mass is 10.1. The molecule has 1 N–H and O–H groups in total. The van der Waals surface area contributed by atoms with Gasteiger partial charge in [-0.05, 0) is 18.4 Å². The fourth-order valence-electron chi connectivity index (χ4n) is 1.05. The van der Waals surface area contributed by atoms with E-state index in [4.69, 9.17) is 22.0 Å². The number of thioether (sulfide) groups is 1. The predicted octanol–water partition coefficient (Wildman–Crippen LogP) is 2.63. The Labute approximate surface area is 90.3 Å². The van der Waals surface area contributed by atoms with E-state index >= 15 is 0 Å². The van der Waals surface area contributed by atoms with Crippen molar-refractivity contribution in [1.29, 1.82) is 5.26 Å². The zero-order valence-electron chi connectivity index (χ0n) is 7.24. The molecule has 0 aliphatic rings. The van der Waals surface area contributed by atoms with Gasteiger partial charge in [0.2, 0.25) is 0 Å². The summed E-state index contributed by atoms with van der Waals surface area (Å²) in [7, 11) is 0. The molecule has 0 amide bonds. The van der Waals surface area contributed by atoms with Crippen molar-refractivity contribution in [3.63, 3.8) is 0 Å². The van der Waals surface area contributed by atoms with E-state index in [0.717, 1.165) is 0 Å². The minimum atomic E-state index is -1.18. The number of rotatable bonds is 2. The topological polar surface area (TPSA) is 61.1 Å². The molecule has 5 heteroatoms. The Hall–Kier alpha value is -1.18. The van der Waals surface area contributed by atoms with Gasteiger partial charge in [0.15, 0.2) is 0 Å². The first kappa shape index (κ1) is 10.9. The number of benzene rings is 1. The lowest BCUT2D eigenvalue weighted by Crippen LogP contribution is -2.02.